The average Bonchev–Trinajstić information content (AvgIpc) is 3.23. The summed E-state index contributed by atoms with van der Waals surface area (Å²) in [4.78, 5) is 29.4. The molecule has 1 saturated carbocycles. The molecule has 0 bridgehead atoms. The molecule has 2 aliphatic heterocycles. The molecule has 1 saturated heterocycles. The molecule has 2 unspecified atom stereocenters. The summed E-state index contributed by atoms with van der Waals surface area (Å²) in [5, 5.41) is 6.48. The van der Waals surface area contributed by atoms with Crippen LogP contribution in [0.4, 0.5) is 10.1 Å². The monoisotopic (exact) mass is 430 g/mol. The lowest BCUT2D eigenvalue weighted by atomic mass is 9.88. The van der Waals surface area contributed by atoms with E-state index in [1.165, 1.54) is 6.07 Å². The number of carbonyl (C=O) groups is 2. The second-order valence-electron chi connectivity index (χ2n) is 9.41. The van der Waals surface area contributed by atoms with E-state index in [-0.39, 0.29) is 29.7 Å². The molecule has 6 nitrogen and oxygen atoms in total. The SMILES string of the molecule is CC[C@H]1CN(C2CCC[C@@H](NC(=O)C3Cc4c(F)ccc(C)c4N3)C2)CCN1C(C)=O. The van der Waals surface area contributed by atoms with Crippen molar-refractivity contribution in [2.75, 3.05) is 25.0 Å². The number of nitrogens with one attached hydrogen (secondary N) is 2. The highest BCUT2D eigenvalue weighted by Crippen LogP contribution is 2.32. The maximum absolute atomic E-state index is 14.2. The second-order valence-corrected chi connectivity index (χ2v) is 9.41. The van der Waals surface area contributed by atoms with Crippen molar-refractivity contribution in [2.24, 2.45) is 0 Å². The van der Waals surface area contributed by atoms with E-state index in [4.69, 9.17) is 0 Å². The Balaban J connectivity index is 1.33. The fraction of sp³-hybridized carbons (Fsp3) is 0.667. The topological polar surface area (TPSA) is 64.7 Å². The number of anilines is 1. The van der Waals surface area contributed by atoms with E-state index in [0.717, 1.165) is 63.0 Å². The number of nitrogens with zero attached hydrogens (tertiary/aromatic N) is 2. The number of hydrogen-bond donors (Lipinski definition) is 2. The number of halogens is 1. The predicted octanol–water partition coefficient (Wildman–Crippen LogP) is 2.84. The largest absolute Gasteiger partial charge is 0.373 e. The van der Waals surface area contributed by atoms with Crippen molar-refractivity contribution in [2.45, 2.75) is 83.5 Å². The summed E-state index contributed by atoms with van der Waals surface area (Å²) in [5.74, 6) is -0.109. The predicted molar refractivity (Wildman–Crippen MR) is 119 cm³/mol. The third-order valence-corrected chi connectivity index (χ3v) is 7.41. The van der Waals surface area contributed by atoms with E-state index >= 15 is 0 Å². The van der Waals surface area contributed by atoms with E-state index in [0.29, 0.717) is 18.0 Å². The molecule has 170 valence electrons. The van der Waals surface area contributed by atoms with Crippen molar-refractivity contribution < 1.29 is 14.0 Å². The second kappa shape index (κ2) is 9.15. The van der Waals surface area contributed by atoms with Gasteiger partial charge in [0.1, 0.15) is 11.9 Å². The first kappa shape index (κ1) is 22.1. The molecule has 0 spiro atoms. The summed E-state index contributed by atoms with van der Waals surface area (Å²) in [7, 11) is 0. The summed E-state index contributed by atoms with van der Waals surface area (Å²) < 4.78 is 14.2. The van der Waals surface area contributed by atoms with Gasteiger partial charge < -0.3 is 15.5 Å². The maximum Gasteiger partial charge on any atom is 0.243 e. The molecule has 2 fully saturated rings. The Morgan fingerprint density at radius 2 is 2.06 bits per heavy atom. The maximum atomic E-state index is 14.2. The Hall–Kier alpha value is -2.15. The van der Waals surface area contributed by atoms with Crippen LogP contribution in [0.5, 0.6) is 0 Å². The van der Waals surface area contributed by atoms with Crippen LogP contribution in [0.15, 0.2) is 12.1 Å². The van der Waals surface area contributed by atoms with Crippen LogP contribution in [-0.2, 0) is 16.0 Å². The van der Waals surface area contributed by atoms with E-state index in [1.807, 2.05) is 11.8 Å². The number of fused-ring (bicyclic) bond motifs is 1. The zero-order valence-electron chi connectivity index (χ0n) is 18.9. The van der Waals surface area contributed by atoms with Crippen molar-refractivity contribution in [1.29, 1.82) is 0 Å². The Kier molecular flexibility index (Phi) is 6.51. The van der Waals surface area contributed by atoms with Gasteiger partial charge in [-0.05, 0) is 50.7 Å². The number of aryl methyl sites for hydroxylation is 1. The molecule has 2 N–H and O–H groups in total. The molecule has 1 aromatic carbocycles. The van der Waals surface area contributed by atoms with Gasteiger partial charge in [0.2, 0.25) is 11.8 Å². The number of carbonyl (C=O) groups excluding carboxylic acids is 2. The number of rotatable bonds is 4. The first-order chi connectivity index (χ1) is 14.9. The molecule has 1 aliphatic carbocycles. The molecule has 2 heterocycles. The molecule has 7 heteroatoms. The van der Waals surface area contributed by atoms with Gasteiger partial charge in [-0.15, -0.1) is 0 Å². The van der Waals surface area contributed by atoms with Crippen LogP contribution in [0.1, 0.15) is 57.1 Å². The highest BCUT2D eigenvalue weighted by atomic mass is 19.1. The van der Waals surface area contributed by atoms with Crippen molar-refractivity contribution in [3.63, 3.8) is 0 Å². The first-order valence-electron chi connectivity index (χ1n) is 11.7. The van der Waals surface area contributed by atoms with E-state index in [2.05, 4.69) is 22.5 Å². The normalized spacial score (nSPS) is 28.7. The van der Waals surface area contributed by atoms with Gasteiger partial charge in [0.25, 0.3) is 0 Å². The summed E-state index contributed by atoms with van der Waals surface area (Å²) in [6.45, 7) is 8.35. The van der Waals surface area contributed by atoms with Gasteiger partial charge in [0, 0.05) is 62.4 Å². The van der Waals surface area contributed by atoms with E-state index < -0.39 is 6.04 Å². The summed E-state index contributed by atoms with van der Waals surface area (Å²) >= 11 is 0. The molecule has 3 aliphatic rings. The van der Waals surface area contributed by atoms with Crippen LogP contribution in [-0.4, -0.2) is 65.4 Å². The Labute approximate surface area is 184 Å². The average molecular weight is 431 g/mol. The van der Waals surface area contributed by atoms with Gasteiger partial charge in [0.15, 0.2) is 0 Å². The summed E-state index contributed by atoms with van der Waals surface area (Å²) in [6, 6.07) is 3.69. The van der Waals surface area contributed by atoms with E-state index in [9.17, 15) is 14.0 Å². The van der Waals surface area contributed by atoms with Gasteiger partial charge >= 0.3 is 0 Å². The van der Waals surface area contributed by atoms with Crippen LogP contribution in [0.2, 0.25) is 0 Å². The molecule has 2 amide bonds. The lowest BCUT2D eigenvalue weighted by Gasteiger charge is -2.46. The number of hydrogen-bond acceptors (Lipinski definition) is 4. The third-order valence-electron chi connectivity index (χ3n) is 7.41. The molecule has 4 atom stereocenters. The molecule has 0 radical (unpaired) electrons. The summed E-state index contributed by atoms with van der Waals surface area (Å²) in [5.41, 5.74) is 2.37. The van der Waals surface area contributed by atoms with Gasteiger partial charge in [-0.1, -0.05) is 13.0 Å². The lowest BCUT2D eigenvalue weighted by Crippen LogP contribution is -2.58. The van der Waals surface area contributed by atoms with Crippen molar-refractivity contribution in [3.05, 3.63) is 29.1 Å². The van der Waals surface area contributed by atoms with Gasteiger partial charge in [-0.2, -0.15) is 0 Å². The van der Waals surface area contributed by atoms with Crippen molar-refractivity contribution in [1.82, 2.24) is 15.1 Å². The molecule has 4 rings (SSSR count). The minimum Gasteiger partial charge on any atom is -0.373 e. The summed E-state index contributed by atoms with van der Waals surface area (Å²) in [6.07, 6.45) is 5.52. The third kappa shape index (κ3) is 4.56. The van der Waals surface area contributed by atoms with Crippen molar-refractivity contribution >= 4 is 17.5 Å². The zero-order valence-corrected chi connectivity index (χ0v) is 18.9. The highest BCUT2D eigenvalue weighted by molar-refractivity contribution is 5.88. The van der Waals surface area contributed by atoms with Crippen LogP contribution < -0.4 is 10.6 Å². The molecule has 1 aromatic rings. The molecule has 0 aromatic heterocycles. The Morgan fingerprint density at radius 1 is 1.26 bits per heavy atom. The Morgan fingerprint density at radius 3 is 2.77 bits per heavy atom. The van der Waals surface area contributed by atoms with Gasteiger partial charge in [-0.25, -0.2) is 4.39 Å². The number of benzene rings is 1. The van der Waals surface area contributed by atoms with Crippen LogP contribution in [0.3, 0.4) is 0 Å². The minimum absolute atomic E-state index is 0.0338. The lowest BCUT2D eigenvalue weighted by molar-refractivity contribution is -0.134. The first-order valence-corrected chi connectivity index (χ1v) is 11.7. The fourth-order valence-electron chi connectivity index (χ4n) is 5.63. The minimum atomic E-state index is -0.408. The smallest absolute Gasteiger partial charge is 0.243 e. The molecule has 31 heavy (non-hydrogen) atoms. The highest BCUT2D eigenvalue weighted by Gasteiger charge is 2.35. The van der Waals surface area contributed by atoms with E-state index in [1.54, 1.807) is 13.0 Å². The number of piperazine rings is 1. The fourth-order valence-corrected chi connectivity index (χ4v) is 5.63. The van der Waals surface area contributed by atoms with Crippen LogP contribution >= 0.6 is 0 Å². The van der Waals surface area contributed by atoms with Gasteiger partial charge in [-0.3, -0.25) is 14.5 Å². The standard InChI is InChI=1S/C24H35FN4O2/c1-4-18-14-28(10-11-29(18)16(3)30)19-7-5-6-17(12-19)26-24(31)22-13-20-21(25)9-8-15(2)23(20)27-22/h8-9,17-19,22,27H,4-7,10-14H2,1-3H3,(H,26,31)/t17-,18+,19?,22?/m1/s1. The van der Waals surface area contributed by atoms with Crippen LogP contribution in [0.25, 0.3) is 0 Å². The van der Waals surface area contributed by atoms with Gasteiger partial charge in [0.05, 0.1) is 0 Å². The molecular formula is C24H35FN4O2. The molecular weight excluding hydrogens is 395 g/mol. The number of amides is 2. The Bertz CT molecular complexity index is 814. The zero-order chi connectivity index (χ0) is 22.1. The van der Waals surface area contributed by atoms with Crippen molar-refractivity contribution in [3.8, 4) is 0 Å². The van der Waals surface area contributed by atoms with Crippen LogP contribution in [0, 0.1) is 12.7 Å². The quantitative estimate of drug-likeness (QED) is 0.771.